The highest BCUT2D eigenvalue weighted by molar-refractivity contribution is 6.38. The maximum Gasteiger partial charge on any atom is 0.286 e. The Morgan fingerprint density at radius 3 is 2.64 bits per heavy atom. The molecule has 0 spiro atoms. The molecule has 8 nitrogen and oxygen atoms in total. The normalized spacial score (nSPS) is 15.2. The van der Waals surface area contributed by atoms with E-state index in [0.29, 0.717) is 18.0 Å². The first-order chi connectivity index (χ1) is 15.9. The van der Waals surface area contributed by atoms with Gasteiger partial charge in [-0.25, -0.2) is 9.99 Å². The number of carbonyl (C=O) groups is 1. The van der Waals surface area contributed by atoms with Gasteiger partial charge in [0.25, 0.3) is 5.91 Å². The fraction of sp³-hybridized carbons (Fsp3) is 0.240. The lowest BCUT2D eigenvalue weighted by molar-refractivity contribution is -0.112. The number of hydrazone groups is 1. The first-order valence-corrected chi connectivity index (χ1v) is 10.7. The van der Waals surface area contributed by atoms with Crippen LogP contribution in [0.2, 0.25) is 0 Å². The maximum absolute atomic E-state index is 11.8. The van der Waals surface area contributed by atoms with E-state index in [4.69, 9.17) is 15.2 Å². The molecule has 0 aliphatic carbocycles. The molecule has 1 atom stereocenters. The summed E-state index contributed by atoms with van der Waals surface area (Å²) in [5.41, 5.74) is 8.34. The summed E-state index contributed by atoms with van der Waals surface area (Å²) in [7, 11) is 1.63. The molecule has 3 aromatic rings. The van der Waals surface area contributed by atoms with Crippen LogP contribution in [0.25, 0.3) is 11.1 Å². The summed E-state index contributed by atoms with van der Waals surface area (Å²) < 4.78 is 11.4. The number of hydrogen-bond acceptors (Lipinski definition) is 7. The number of amidine groups is 1. The standard InChI is InChI=1S/C25H27N5O3/c1-16(2)33-19-9-10-21(32-3)20(15-19)18-11-12-27-22(14-18)30-23(28-25(29-30)24(26)31)13-17-7-5-4-6-8-17/h4-12,14-16,23H,13H2,1-3H3,(H2,26,31)(H,28,29). The van der Waals surface area contributed by atoms with Crippen molar-refractivity contribution in [3.05, 3.63) is 72.4 Å². The highest BCUT2D eigenvalue weighted by atomic mass is 16.5. The van der Waals surface area contributed by atoms with Crippen molar-refractivity contribution in [1.82, 2.24) is 10.3 Å². The third kappa shape index (κ3) is 5.06. The number of pyridine rings is 1. The van der Waals surface area contributed by atoms with E-state index in [1.165, 1.54) is 0 Å². The molecule has 0 bridgehead atoms. The van der Waals surface area contributed by atoms with Gasteiger partial charge >= 0.3 is 0 Å². The topological polar surface area (TPSA) is 102 Å². The minimum Gasteiger partial charge on any atom is -0.496 e. The van der Waals surface area contributed by atoms with Crippen molar-refractivity contribution in [2.24, 2.45) is 10.8 Å². The summed E-state index contributed by atoms with van der Waals surface area (Å²) in [5.74, 6) is 1.53. The fourth-order valence-electron chi connectivity index (χ4n) is 3.70. The van der Waals surface area contributed by atoms with Gasteiger partial charge in [0, 0.05) is 18.2 Å². The van der Waals surface area contributed by atoms with Gasteiger partial charge in [-0.15, -0.1) is 5.10 Å². The first-order valence-electron chi connectivity index (χ1n) is 10.7. The summed E-state index contributed by atoms with van der Waals surface area (Å²) in [5, 5.41) is 9.22. The number of ether oxygens (including phenoxy) is 2. The van der Waals surface area contributed by atoms with Gasteiger partial charge in [-0.2, -0.15) is 0 Å². The molecule has 1 amide bonds. The second-order valence-corrected chi connectivity index (χ2v) is 7.94. The molecule has 33 heavy (non-hydrogen) atoms. The van der Waals surface area contributed by atoms with E-state index < -0.39 is 5.91 Å². The van der Waals surface area contributed by atoms with Crippen molar-refractivity contribution in [2.45, 2.75) is 32.5 Å². The lowest BCUT2D eigenvalue weighted by Crippen LogP contribution is -2.43. The third-order valence-corrected chi connectivity index (χ3v) is 5.15. The molecule has 1 aliphatic heterocycles. The molecule has 3 N–H and O–H groups in total. The number of anilines is 1. The number of primary amides is 1. The molecule has 1 aliphatic rings. The van der Waals surface area contributed by atoms with Crippen LogP contribution in [0.3, 0.4) is 0 Å². The monoisotopic (exact) mass is 445 g/mol. The quantitative estimate of drug-likeness (QED) is 0.552. The molecular formula is C25H27N5O3. The Bertz CT molecular complexity index is 1160. The van der Waals surface area contributed by atoms with Gasteiger partial charge in [0.15, 0.2) is 5.82 Å². The number of amides is 1. The Morgan fingerprint density at radius 2 is 1.94 bits per heavy atom. The molecule has 8 heteroatoms. The smallest absolute Gasteiger partial charge is 0.286 e. The van der Waals surface area contributed by atoms with Gasteiger partial charge in [0.2, 0.25) is 5.84 Å². The SMILES string of the molecule is COc1ccc(OC(C)C)cc1-c1ccnc(N2N=C(C(N)=O)NC2Cc2ccccc2)c1. The summed E-state index contributed by atoms with van der Waals surface area (Å²) in [6, 6.07) is 19.5. The van der Waals surface area contributed by atoms with Crippen LogP contribution in [0.5, 0.6) is 11.5 Å². The number of benzene rings is 2. The number of nitrogens with zero attached hydrogens (tertiary/aromatic N) is 3. The van der Waals surface area contributed by atoms with E-state index >= 15 is 0 Å². The molecular weight excluding hydrogens is 418 g/mol. The molecule has 4 rings (SSSR count). The Labute approximate surface area is 193 Å². The van der Waals surface area contributed by atoms with Gasteiger partial charge in [0.05, 0.1) is 13.2 Å². The molecule has 1 aromatic heterocycles. The Kier molecular flexibility index (Phi) is 6.44. The van der Waals surface area contributed by atoms with Crippen LogP contribution in [0.1, 0.15) is 19.4 Å². The van der Waals surface area contributed by atoms with Gasteiger partial charge in [-0.1, -0.05) is 30.3 Å². The van der Waals surface area contributed by atoms with Gasteiger partial charge in [-0.05, 0) is 55.3 Å². The van der Waals surface area contributed by atoms with E-state index in [0.717, 1.165) is 22.4 Å². The average Bonchev–Trinajstić information content (AvgIpc) is 3.23. The van der Waals surface area contributed by atoms with Crippen molar-refractivity contribution < 1.29 is 14.3 Å². The third-order valence-electron chi connectivity index (χ3n) is 5.15. The van der Waals surface area contributed by atoms with E-state index in [1.807, 2.05) is 74.5 Å². The number of carbonyl (C=O) groups excluding carboxylic acids is 1. The largest absolute Gasteiger partial charge is 0.496 e. The first kappa shape index (κ1) is 22.1. The molecule has 170 valence electrons. The van der Waals surface area contributed by atoms with Crippen LogP contribution in [-0.2, 0) is 11.2 Å². The number of aromatic nitrogens is 1. The van der Waals surface area contributed by atoms with Crippen LogP contribution >= 0.6 is 0 Å². The number of rotatable bonds is 8. The average molecular weight is 446 g/mol. The highest BCUT2D eigenvalue weighted by Crippen LogP contribution is 2.35. The van der Waals surface area contributed by atoms with Crippen molar-refractivity contribution >= 4 is 17.6 Å². The zero-order valence-corrected chi connectivity index (χ0v) is 18.9. The Balaban J connectivity index is 1.70. The molecule has 2 heterocycles. The second-order valence-electron chi connectivity index (χ2n) is 7.94. The summed E-state index contributed by atoms with van der Waals surface area (Å²) in [6.45, 7) is 3.96. The van der Waals surface area contributed by atoms with Gasteiger partial charge in [-0.3, -0.25) is 4.79 Å². The number of nitrogens with two attached hydrogens (primary N) is 1. The lowest BCUT2D eigenvalue weighted by atomic mass is 10.0. The van der Waals surface area contributed by atoms with Crippen molar-refractivity contribution in [1.29, 1.82) is 0 Å². The van der Waals surface area contributed by atoms with E-state index in [-0.39, 0.29) is 18.1 Å². The molecule has 1 unspecified atom stereocenters. The summed E-state index contributed by atoms with van der Waals surface area (Å²) >= 11 is 0. The minimum atomic E-state index is -0.619. The maximum atomic E-state index is 11.8. The van der Waals surface area contributed by atoms with Crippen LogP contribution in [-0.4, -0.2) is 36.1 Å². The predicted molar refractivity (Wildman–Crippen MR) is 128 cm³/mol. The zero-order valence-electron chi connectivity index (χ0n) is 18.9. The van der Waals surface area contributed by atoms with E-state index in [1.54, 1.807) is 18.3 Å². The zero-order chi connectivity index (χ0) is 23.4. The highest BCUT2D eigenvalue weighted by Gasteiger charge is 2.30. The molecule has 0 radical (unpaired) electrons. The molecule has 0 fully saturated rings. The molecule has 2 aromatic carbocycles. The van der Waals surface area contributed by atoms with Gasteiger partial charge in [0.1, 0.15) is 17.7 Å². The van der Waals surface area contributed by atoms with Crippen molar-refractivity contribution in [2.75, 3.05) is 12.1 Å². The number of hydrogen-bond donors (Lipinski definition) is 2. The number of nitrogens with one attached hydrogen (secondary N) is 1. The van der Waals surface area contributed by atoms with E-state index in [9.17, 15) is 4.79 Å². The van der Waals surface area contributed by atoms with Crippen LogP contribution < -0.4 is 25.5 Å². The van der Waals surface area contributed by atoms with Crippen LogP contribution in [0.4, 0.5) is 5.82 Å². The second kappa shape index (κ2) is 9.60. The lowest BCUT2D eigenvalue weighted by Gasteiger charge is -2.23. The summed E-state index contributed by atoms with van der Waals surface area (Å²) in [6.07, 6.45) is 2.05. The Morgan fingerprint density at radius 1 is 1.15 bits per heavy atom. The predicted octanol–water partition coefficient (Wildman–Crippen LogP) is 3.32. The van der Waals surface area contributed by atoms with Crippen molar-refractivity contribution in [3.8, 4) is 22.6 Å². The molecule has 0 saturated heterocycles. The number of methoxy groups -OCH3 is 1. The van der Waals surface area contributed by atoms with Crippen LogP contribution in [0, 0.1) is 0 Å². The summed E-state index contributed by atoms with van der Waals surface area (Å²) in [4.78, 5) is 16.3. The molecule has 0 saturated carbocycles. The minimum absolute atomic E-state index is 0.0511. The van der Waals surface area contributed by atoms with Crippen molar-refractivity contribution in [3.63, 3.8) is 0 Å². The van der Waals surface area contributed by atoms with Crippen LogP contribution in [0.15, 0.2) is 72.0 Å². The van der Waals surface area contributed by atoms with Gasteiger partial charge < -0.3 is 20.5 Å². The fourth-order valence-corrected chi connectivity index (χ4v) is 3.70. The Hall–Kier alpha value is -4.07. The van der Waals surface area contributed by atoms with E-state index in [2.05, 4.69) is 15.4 Å².